The zero-order valence-electron chi connectivity index (χ0n) is 45.9. The standard InChI is InChI=1S/C62H119NO5/c1-3-5-7-9-11-13-15-31-36-40-44-48-52-56-62(67)68-57-53-49-45-41-37-33-30-28-26-24-22-20-18-16-17-19-21-23-25-27-29-32-35-39-43-47-51-55-61(66)63-59(58-64)60(65)54-50-46-42-38-34-14-12-10-8-6-4-2/h13,15,50,54,59-60,64-65H,3-12,14,16-49,51-53,55-58H2,1-2H3,(H,63,66)/b15-13-,54-50+. The fourth-order valence-electron chi connectivity index (χ4n) is 9.51. The second-order valence-corrected chi connectivity index (χ2v) is 21.0. The highest BCUT2D eigenvalue weighted by Gasteiger charge is 2.18. The molecule has 68 heavy (non-hydrogen) atoms. The number of carbonyl (C=O) groups excluding carboxylic acids is 2. The number of hydrogen-bond acceptors (Lipinski definition) is 5. The summed E-state index contributed by atoms with van der Waals surface area (Å²) in [6, 6.07) is -0.624. The predicted octanol–water partition coefficient (Wildman–Crippen LogP) is 19.0. The van der Waals surface area contributed by atoms with E-state index < -0.39 is 12.1 Å². The summed E-state index contributed by atoms with van der Waals surface area (Å²) in [5.41, 5.74) is 0. The molecule has 0 fully saturated rings. The molecule has 0 bridgehead atoms. The fraction of sp³-hybridized carbons (Fsp3) is 0.903. The second kappa shape index (κ2) is 57.9. The lowest BCUT2D eigenvalue weighted by atomic mass is 10.0. The van der Waals surface area contributed by atoms with Crippen molar-refractivity contribution in [1.29, 1.82) is 0 Å². The average molecular weight is 959 g/mol. The molecule has 0 saturated heterocycles. The number of rotatable bonds is 57. The summed E-state index contributed by atoms with van der Waals surface area (Å²) in [5.74, 6) is -0.0572. The molecular formula is C62H119NO5. The van der Waals surface area contributed by atoms with Crippen LogP contribution < -0.4 is 5.32 Å². The molecule has 0 heterocycles. The van der Waals surface area contributed by atoms with E-state index in [0.29, 0.717) is 19.4 Å². The topological polar surface area (TPSA) is 95.9 Å². The van der Waals surface area contributed by atoms with E-state index in [1.165, 1.54) is 263 Å². The van der Waals surface area contributed by atoms with Crippen molar-refractivity contribution >= 4 is 11.9 Å². The van der Waals surface area contributed by atoms with Crippen LogP contribution in [0.1, 0.15) is 335 Å². The van der Waals surface area contributed by atoms with Crippen molar-refractivity contribution in [1.82, 2.24) is 5.32 Å². The molecule has 3 N–H and O–H groups in total. The van der Waals surface area contributed by atoms with Gasteiger partial charge in [-0.1, -0.05) is 289 Å². The van der Waals surface area contributed by atoms with Crippen LogP contribution in [0.4, 0.5) is 0 Å². The molecular weight excluding hydrogens is 839 g/mol. The maximum atomic E-state index is 12.4. The molecule has 0 aromatic heterocycles. The van der Waals surface area contributed by atoms with Crippen LogP contribution in [0.15, 0.2) is 24.3 Å². The fourth-order valence-corrected chi connectivity index (χ4v) is 9.51. The largest absolute Gasteiger partial charge is 0.466 e. The molecule has 0 rings (SSSR count). The number of esters is 1. The number of hydrogen-bond donors (Lipinski definition) is 3. The van der Waals surface area contributed by atoms with Gasteiger partial charge in [0.25, 0.3) is 0 Å². The molecule has 0 aliphatic rings. The van der Waals surface area contributed by atoms with Crippen LogP contribution in [0, 0.1) is 0 Å². The first kappa shape index (κ1) is 66.3. The Kier molecular flexibility index (Phi) is 56.5. The molecule has 6 nitrogen and oxygen atoms in total. The van der Waals surface area contributed by atoms with E-state index >= 15 is 0 Å². The minimum absolute atomic E-state index is 0.00843. The number of unbranched alkanes of at least 4 members (excludes halogenated alkanes) is 44. The first-order valence-corrected chi connectivity index (χ1v) is 30.6. The molecule has 2 unspecified atom stereocenters. The molecule has 0 aliphatic heterocycles. The van der Waals surface area contributed by atoms with Gasteiger partial charge in [-0.3, -0.25) is 9.59 Å². The van der Waals surface area contributed by atoms with Gasteiger partial charge >= 0.3 is 5.97 Å². The van der Waals surface area contributed by atoms with Crippen molar-refractivity contribution in [3.8, 4) is 0 Å². The van der Waals surface area contributed by atoms with Gasteiger partial charge in [-0.25, -0.2) is 0 Å². The third-order valence-electron chi connectivity index (χ3n) is 14.2. The summed E-state index contributed by atoms with van der Waals surface area (Å²) in [6.45, 7) is 4.89. The first-order valence-electron chi connectivity index (χ1n) is 30.6. The number of aliphatic hydroxyl groups excluding tert-OH is 2. The Bertz CT molecular complexity index is 1060. The van der Waals surface area contributed by atoms with Crippen molar-refractivity contribution in [3.05, 3.63) is 24.3 Å². The van der Waals surface area contributed by atoms with Gasteiger partial charge in [0.1, 0.15) is 0 Å². The molecule has 0 aromatic rings. The zero-order valence-corrected chi connectivity index (χ0v) is 45.9. The quantitative estimate of drug-likeness (QED) is 0.0321. The average Bonchev–Trinajstić information content (AvgIpc) is 3.34. The molecule has 0 aliphatic carbocycles. The lowest BCUT2D eigenvalue weighted by molar-refractivity contribution is -0.143. The van der Waals surface area contributed by atoms with Gasteiger partial charge in [0.05, 0.1) is 25.4 Å². The van der Waals surface area contributed by atoms with Crippen LogP contribution in [-0.2, 0) is 14.3 Å². The predicted molar refractivity (Wildman–Crippen MR) is 296 cm³/mol. The molecule has 402 valence electrons. The molecule has 2 atom stereocenters. The summed E-state index contributed by atoms with van der Waals surface area (Å²) >= 11 is 0. The highest BCUT2D eigenvalue weighted by molar-refractivity contribution is 5.76. The van der Waals surface area contributed by atoms with Crippen molar-refractivity contribution < 1.29 is 24.5 Å². The zero-order chi connectivity index (χ0) is 49.3. The number of amides is 1. The number of ether oxygens (including phenoxy) is 1. The lowest BCUT2D eigenvalue weighted by Crippen LogP contribution is -2.45. The van der Waals surface area contributed by atoms with Gasteiger partial charge in [0, 0.05) is 12.8 Å². The molecule has 0 aromatic carbocycles. The van der Waals surface area contributed by atoms with Crippen LogP contribution in [0.25, 0.3) is 0 Å². The number of aliphatic hydroxyl groups is 2. The Morgan fingerprint density at radius 2 is 0.691 bits per heavy atom. The molecule has 0 saturated carbocycles. The van der Waals surface area contributed by atoms with Gasteiger partial charge in [0.2, 0.25) is 5.91 Å². The number of carbonyl (C=O) groups is 2. The number of nitrogens with one attached hydrogen (secondary N) is 1. The lowest BCUT2D eigenvalue weighted by Gasteiger charge is -2.20. The monoisotopic (exact) mass is 958 g/mol. The van der Waals surface area contributed by atoms with E-state index in [2.05, 4.69) is 31.3 Å². The Labute approximate surface area is 424 Å². The highest BCUT2D eigenvalue weighted by Crippen LogP contribution is 2.18. The summed E-state index contributed by atoms with van der Waals surface area (Å²) in [4.78, 5) is 24.4. The Hall–Kier alpha value is -1.66. The van der Waals surface area contributed by atoms with Crippen LogP contribution in [0.3, 0.4) is 0 Å². The van der Waals surface area contributed by atoms with Gasteiger partial charge in [-0.15, -0.1) is 0 Å². The maximum Gasteiger partial charge on any atom is 0.305 e. The molecule has 0 radical (unpaired) electrons. The second-order valence-electron chi connectivity index (χ2n) is 21.0. The van der Waals surface area contributed by atoms with E-state index in [9.17, 15) is 19.8 Å². The van der Waals surface area contributed by atoms with E-state index in [4.69, 9.17) is 4.74 Å². The van der Waals surface area contributed by atoms with Crippen molar-refractivity contribution in [2.75, 3.05) is 13.2 Å². The van der Waals surface area contributed by atoms with Gasteiger partial charge in [0.15, 0.2) is 0 Å². The maximum absolute atomic E-state index is 12.4. The van der Waals surface area contributed by atoms with Crippen molar-refractivity contribution in [3.63, 3.8) is 0 Å². The summed E-state index contributed by atoms with van der Waals surface area (Å²) in [6.07, 6.45) is 70.9. The van der Waals surface area contributed by atoms with E-state index in [1.54, 1.807) is 6.08 Å². The third kappa shape index (κ3) is 53.7. The van der Waals surface area contributed by atoms with E-state index in [0.717, 1.165) is 44.9 Å². The Morgan fingerprint density at radius 1 is 0.397 bits per heavy atom. The minimum atomic E-state index is -0.840. The van der Waals surface area contributed by atoms with E-state index in [-0.39, 0.29) is 18.5 Å². The van der Waals surface area contributed by atoms with Crippen LogP contribution in [0.2, 0.25) is 0 Å². The van der Waals surface area contributed by atoms with Crippen molar-refractivity contribution in [2.24, 2.45) is 0 Å². The molecule has 6 heteroatoms. The van der Waals surface area contributed by atoms with E-state index in [1.807, 2.05) is 6.08 Å². The van der Waals surface area contributed by atoms with Gasteiger partial charge in [-0.2, -0.15) is 0 Å². The summed E-state index contributed by atoms with van der Waals surface area (Å²) in [7, 11) is 0. The first-order chi connectivity index (χ1) is 33.5. The minimum Gasteiger partial charge on any atom is -0.466 e. The Balaban J connectivity index is 3.34. The number of allylic oxidation sites excluding steroid dienone is 3. The SMILES string of the molecule is CCCCCC/C=C\CCCCCCCC(=O)OCCCCCCCCCCCCCCCCCCCCCCCCCCCCCC(=O)NC(CO)C(O)/C=C/CCCCCCCCCCC. The smallest absolute Gasteiger partial charge is 0.305 e. The van der Waals surface area contributed by atoms with Crippen LogP contribution in [-0.4, -0.2) is 47.4 Å². The van der Waals surface area contributed by atoms with Crippen molar-refractivity contribution in [2.45, 2.75) is 347 Å². The van der Waals surface area contributed by atoms with Crippen LogP contribution in [0.5, 0.6) is 0 Å². The molecule has 0 spiro atoms. The normalized spacial score (nSPS) is 12.7. The molecule has 1 amide bonds. The Morgan fingerprint density at radius 3 is 1.06 bits per heavy atom. The summed E-state index contributed by atoms with van der Waals surface area (Å²) in [5, 5.41) is 23.0. The van der Waals surface area contributed by atoms with Gasteiger partial charge < -0.3 is 20.3 Å². The summed E-state index contributed by atoms with van der Waals surface area (Å²) < 4.78 is 5.47. The highest BCUT2D eigenvalue weighted by atomic mass is 16.5. The van der Waals surface area contributed by atoms with Crippen LogP contribution >= 0.6 is 0 Å². The van der Waals surface area contributed by atoms with Gasteiger partial charge in [-0.05, 0) is 57.8 Å². The third-order valence-corrected chi connectivity index (χ3v) is 14.2.